The first-order valence-electron chi connectivity index (χ1n) is 8.46. The van der Waals surface area contributed by atoms with E-state index < -0.39 is 27.5 Å². The normalized spacial score (nSPS) is 12.3. The highest BCUT2D eigenvalue weighted by atomic mass is 32.2. The third kappa shape index (κ3) is 4.57. The first-order chi connectivity index (χ1) is 13.6. The highest BCUT2D eigenvalue weighted by Gasteiger charge is 2.31. The van der Waals surface area contributed by atoms with Crippen LogP contribution in [0.4, 0.5) is 13.2 Å². The third-order valence-corrected chi connectivity index (χ3v) is 5.64. The number of rotatable bonds is 6. The third-order valence-electron chi connectivity index (χ3n) is 4.16. The molecule has 1 N–H and O–H groups in total. The van der Waals surface area contributed by atoms with Gasteiger partial charge in [0.1, 0.15) is 0 Å². The fourth-order valence-corrected chi connectivity index (χ4v) is 3.73. The number of halogens is 3. The molecule has 2 aromatic carbocycles. The molecule has 1 aromatic heterocycles. The zero-order valence-electron chi connectivity index (χ0n) is 15.2. The Balaban J connectivity index is 1.79. The molecule has 154 valence electrons. The summed E-state index contributed by atoms with van der Waals surface area (Å²) in [7, 11) is -2.36. The maximum absolute atomic E-state index is 12.9. The van der Waals surface area contributed by atoms with Gasteiger partial charge in [0, 0.05) is 19.2 Å². The van der Waals surface area contributed by atoms with Crippen molar-refractivity contribution in [2.75, 3.05) is 6.54 Å². The van der Waals surface area contributed by atoms with Gasteiger partial charge < -0.3 is 0 Å². The van der Waals surface area contributed by atoms with Gasteiger partial charge in [-0.25, -0.2) is 22.6 Å². The standard InChI is InChI=1S/C18H17F3N4O3S/c1-24-16(13-6-5-7-14(12-13)18(19,20)21)23-25(17(24)26)11-10-22-29(27,28)15-8-3-2-4-9-15/h2-9,12,22H,10-11H2,1H3. The van der Waals surface area contributed by atoms with Crippen molar-refractivity contribution < 1.29 is 21.6 Å². The minimum Gasteiger partial charge on any atom is -0.278 e. The van der Waals surface area contributed by atoms with Crippen LogP contribution in [0.1, 0.15) is 5.56 Å². The largest absolute Gasteiger partial charge is 0.416 e. The maximum atomic E-state index is 12.9. The van der Waals surface area contributed by atoms with E-state index in [0.717, 1.165) is 21.4 Å². The first-order valence-corrected chi connectivity index (χ1v) is 9.94. The molecule has 3 aromatic rings. The van der Waals surface area contributed by atoms with Crippen LogP contribution in [0.5, 0.6) is 0 Å². The Morgan fingerprint density at radius 1 is 1.07 bits per heavy atom. The summed E-state index contributed by atoms with van der Waals surface area (Å²) in [4.78, 5) is 12.4. The molecule has 0 saturated carbocycles. The van der Waals surface area contributed by atoms with E-state index in [4.69, 9.17) is 0 Å². The molecule has 0 saturated heterocycles. The summed E-state index contributed by atoms with van der Waals surface area (Å²) >= 11 is 0. The molecule has 0 bridgehead atoms. The van der Waals surface area contributed by atoms with Gasteiger partial charge in [-0.05, 0) is 24.3 Å². The van der Waals surface area contributed by atoms with Gasteiger partial charge in [0.05, 0.1) is 17.0 Å². The van der Waals surface area contributed by atoms with Crippen molar-refractivity contribution >= 4 is 10.0 Å². The van der Waals surface area contributed by atoms with Crippen LogP contribution in [0.2, 0.25) is 0 Å². The lowest BCUT2D eigenvalue weighted by atomic mass is 10.1. The number of hydrogen-bond donors (Lipinski definition) is 1. The monoisotopic (exact) mass is 426 g/mol. The van der Waals surface area contributed by atoms with Crippen LogP contribution in [0, 0.1) is 0 Å². The van der Waals surface area contributed by atoms with E-state index in [1.165, 1.54) is 31.3 Å². The van der Waals surface area contributed by atoms with Crippen molar-refractivity contribution in [3.63, 3.8) is 0 Å². The van der Waals surface area contributed by atoms with Crippen LogP contribution in [-0.2, 0) is 29.8 Å². The van der Waals surface area contributed by atoms with Crippen LogP contribution >= 0.6 is 0 Å². The second-order valence-electron chi connectivity index (χ2n) is 6.18. The average Bonchev–Trinajstić information content (AvgIpc) is 2.97. The summed E-state index contributed by atoms with van der Waals surface area (Å²) in [5.41, 5.74) is -1.30. The van der Waals surface area contributed by atoms with Gasteiger partial charge in [-0.15, -0.1) is 5.10 Å². The minimum atomic E-state index is -4.52. The Morgan fingerprint density at radius 3 is 2.41 bits per heavy atom. The molecule has 29 heavy (non-hydrogen) atoms. The molecular weight excluding hydrogens is 409 g/mol. The van der Waals surface area contributed by atoms with Crippen molar-refractivity contribution in [2.45, 2.75) is 17.6 Å². The number of nitrogens with zero attached hydrogens (tertiary/aromatic N) is 3. The predicted octanol–water partition coefficient (Wildman–Crippen LogP) is 2.25. The lowest BCUT2D eigenvalue weighted by molar-refractivity contribution is -0.137. The second-order valence-corrected chi connectivity index (χ2v) is 7.94. The van der Waals surface area contributed by atoms with Crippen LogP contribution in [0.15, 0.2) is 64.3 Å². The van der Waals surface area contributed by atoms with Crippen molar-refractivity contribution in [1.29, 1.82) is 0 Å². The Hall–Kier alpha value is -2.92. The summed E-state index contributed by atoms with van der Waals surface area (Å²) in [5, 5.41) is 4.06. The Morgan fingerprint density at radius 2 is 1.76 bits per heavy atom. The summed E-state index contributed by atoms with van der Waals surface area (Å²) in [6, 6.07) is 12.2. The van der Waals surface area contributed by atoms with Crippen molar-refractivity contribution in [1.82, 2.24) is 19.1 Å². The zero-order chi connectivity index (χ0) is 21.2. The average molecular weight is 426 g/mol. The van der Waals surface area contributed by atoms with Crippen LogP contribution < -0.4 is 10.4 Å². The highest BCUT2D eigenvalue weighted by molar-refractivity contribution is 7.89. The molecule has 0 radical (unpaired) electrons. The summed E-state index contributed by atoms with van der Waals surface area (Å²) in [6.45, 7) is -0.201. The molecule has 11 heteroatoms. The summed E-state index contributed by atoms with van der Waals surface area (Å²) in [6.07, 6.45) is -4.52. The lowest BCUT2D eigenvalue weighted by Gasteiger charge is -2.08. The number of sulfonamides is 1. The molecular formula is C18H17F3N4O3S. The van der Waals surface area contributed by atoms with Gasteiger partial charge in [-0.1, -0.05) is 30.3 Å². The molecule has 1 heterocycles. The summed E-state index contributed by atoms with van der Waals surface area (Å²) < 4.78 is 67.7. The van der Waals surface area contributed by atoms with Crippen LogP contribution in [-0.4, -0.2) is 29.3 Å². The SMILES string of the molecule is Cn1c(-c2cccc(C(F)(F)F)c2)nn(CCNS(=O)(=O)c2ccccc2)c1=O. The molecule has 0 aliphatic heterocycles. The van der Waals surface area contributed by atoms with Gasteiger partial charge >= 0.3 is 11.9 Å². The van der Waals surface area contributed by atoms with Crippen LogP contribution in [0.25, 0.3) is 11.4 Å². The molecule has 3 rings (SSSR count). The number of benzene rings is 2. The minimum absolute atomic E-state index is 0.0482. The van der Waals surface area contributed by atoms with Gasteiger partial charge in [-0.3, -0.25) is 4.57 Å². The molecule has 0 fully saturated rings. The Bertz CT molecular complexity index is 1170. The molecule has 0 atom stereocenters. The van der Waals surface area contributed by atoms with Gasteiger partial charge in [-0.2, -0.15) is 13.2 Å². The van der Waals surface area contributed by atoms with Gasteiger partial charge in [0.25, 0.3) is 0 Å². The van der Waals surface area contributed by atoms with Gasteiger partial charge in [0.2, 0.25) is 10.0 Å². The molecule has 0 aliphatic carbocycles. The highest BCUT2D eigenvalue weighted by Crippen LogP contribution is 2.31. The molecule has 7 nitrogen and oxygen atoms in total. The molecule has 0 spiro atoms. The van der Waals surface area contributed by atoms with Crippen molar-refractivity contribution in [2.24, 2.45) is 7.05 Å². The maximum Gasteiger partial charge on any atom is 0.416 e. The van der Waals surface area contributed by atoms with Crippen LogP contribution in [0.3, 0.4) is 0 Å². The van der Waals surface area contributed by atoms with E-state index in [1.807, 2.05) is 0 Å². The number of alkyl halides is 3. The Kier molecular flexibility index (Phi) is 5.62. The molecule has 0 unspecified atom stereocenters. The van der Waals surface area contributed by atoms with E-state index in [9.17, 15) is 26.4 Å². The zero-order valence-corrected chi connectivity index (χ0v) is 16.0. The second kappa shape index (κ2) is 7.84. The van der Waals surface area contributed by atoms with Gasteiger partial charge in [0.15, 0.2) is 5.82 Å². The number of aromatic nitrogens is 3. The fraction of sp³-hybridized carbons (Fsp3) is 0.222. The fourth-order valence-electron chi connectivity index (χ4n) is 2.69. The Labute approximate surface area is 164 Å². The van der Waals surface area contributed by atoms with Crippen molar-refractivity contribution in [3.05, 3.63) is 70.6 Å². The van der Waals surface area contributed by atoms with Crippen molar-refractivity contribution in [3.8, 4) is 11.4 Å². The van der Waals surface area contributed by atoms with E-state index in [0.29, 0.717) is 0 Å². The van der Waals surface area contributed by atoms with E-state index in [-0.39, 0.29) is 29.4 Å². The first kappa shape index (κ1) is 20.8. The number of hydrogen-bond acceptors (Lipinski definition) is 4. The van der Waals surface area contributed by atoms with E-state index >= 15 is 0 Å². The van der Waals surface area contributed by atoms with E-state index in [1.54, 1.807) is 18.2 Å². The summed E-state index contributed by atoms with van der Waals surface area (Å²) in [5.74, 6) is 0.0482. The molecule has 0 amide bonds. The predicted molar refractivity (Wildman–Crippen MR) is 99.5 cm³/mol. The molecule has 0 aliphatic rings. The van der Waals surface area contributed by atoms with E-state index in [2.05, 4.69) is 9.82 Å². The number of nitrogens with one attached hydrogen (secondary N) is 1. The smallest absolute Gasteiger partial charge is 0.278 e. The topological polar surface area (TPSA) is 86.0 Å². The quantitative estimate of drug-likeness (QED) is 0.655. The lowest BCUT2D eigenvalue weighted by Crippen LogP contribution is -2.31.